The zero-order valence-corrected chi connectivity index (χ0v) is 17.6. The van der Waals surface area contributed by atoms with Crippen LogP contribution in [0.25, 0.3) is 0 Å². The molecule has 2 N–H and O–H groups in total. The minimum atomic E-state index is -0.454. The number of hydrogen-bond donors (Lipinski definition) is 2. The van der Waals surface area contributed by atoms with Crippen molar-refractivity contribution in [3.8, 4) is 0 Å². The maximum absolute atomic E-state index is 12.0. The highest BCUT2D eigenvalue weighted by Gasteiger charge is 2.19. The Hall–Kier alpha value is -2.11. The van der Waals surface area contributed by atoms with Gasteiger partial charge in [-0.15, -0.1) is 0 Å². The number of aryl methyl sites for hydroxylation is 1. The molecule has 2 aromatic carbocycles. The summed E-state index contributed by atoms with van der Waals surface area (Å²) in [5, 5.41) is 7.34. The molecular weight excluding hydrogens is 380 g/mol. The van der Waals surface area contributed by atoms with Crippen molar-refractivity contribution in [2.75, 3.05) is 11.9 Å². The van der Waals surface area contributed by atoms with Crippen LogP contribution in [-0.2, 0) is 4.74 Å². The molecule has 0 saturated carbocycles. The number of ether oxygens (including phenoxy) is 1. The lowest BCUT2D eigenvalue weighted by Crippen LogP contribution is -2.35. The van der Waals surface area contributed by atoms with Crippen molar-refractivity contribution in [3.05, 3.63) is 64.2 Å². The second-order valence-corrected chi connectivity index (χ2v) is 7.41. The van der Waals surface area contributed by atoms with Crippen LogP contribution in [0.4, 0.5) is 5.69 Å². The molecule has 6 heteroatoms. The Bertz CT molecular complexity index is 824. The van der Waals surface area contributed by atoms with Gasteiger partial charge in [-0.3, -0.25) is 0 Å². The minimum absolute atomic E-state index is 0.0722. The highest BCUT2D eigenvalue weighted by atomic mass is 35.5. The summed E-state index contributed by atoms with van der Waals surface area (Å²) in [6.07, 6.45) is 0. The first kappa shape index (κ1) is 21.2. The molecule has 0 saturated heterocycles. The molecule has 0 radical (unpaired) electrons. The second-order valence-electron chi connectivity index (χ2n) is 6.59. The summed E-state index contributed by atoms with van der Waals surface area (Å²) in [6.45, 7) is 8.43. The van der Waals surface area contributed by atoms with E-state index in [9.17, 15) is 4.79 Å². The largest absolute Gasteiger partial charge is 0.462 e. The van der Waals surface area contributed by atoms with Gasteiger partial charge in [0.2, 0.25) is 0 Å². The minimum Gasteiger partial charge on any atom is -0.462 e. The highest BCUT2D eigenvalue weighted by molar-refractivity contribution is 7.80. The summed E-state index contributed by atoms with van der Waals surface area (Å²) in [7, 11) is 0. The van der Waals surface area contributed by atoms with E-state index in [0.717, 1.165) is 0 Å². The van der Waals surface area contributed by atoms with Crippen molar-refractivity contribution in [3.63, 3.8) is 0 Å². The summed E-state index contributed by atoms with van der Waals surface area (Å²) < 4.78 is 5.04. The van der Waals surface area contributed by atoms with E-state index in [1.54, 1.807) is 25.1 Å². The van der Waals surface area contributed by atoms with Crippen molar-refractivity contribution < 1.29 is 9.53 Å². The van der Waals surface area contributed by atoms with Crippen LogP contribution in [0.1, 0.15) is 48.3 Å². The molecule has 0 unspecified atom stereocenters. The molecule has 0 aliphatic carbocycles. The molecule has 0 spiro atoms. The molecule has 2 rings (SSSR count). The van der Waals surface area contributed by atoms with Crippen LogP contribution in [0.3, 0.4) is 0 Å². The summed E-state index contributed by atoms with van der Waals surface area (Å²) in [5.74, 6) is -0.115. The molecule has 0 fully saturated rings. The average Bonchev–Trinajstić information content (AvgIpc) is 2.62. The van der Waals surface area contributed by atoms with Gasteiger partial charge >= 0.3 is 5.97 Å². The lowest BCUT2D eigenvalue weighted by molar-refractivity contribution is 0.0526. The molecule has 4 nitrogen and oxygen atoms in total. The number of esters is 1. The number of nitrogens with one attached hydrogen (secondary N) is 2. The van der Waals surface area contributed by atoms with Crippen molar-refractivity contribution >= 4 is 40.6 Å². The molecular formula is C21H25ClN2O2S. The smallest absolute Gasteiger partial charge is 0.339 e. The van der Waals surface area contributed by atoms with Crippen LogP contribution in [-0.4, -0.2) is 17.7 Å². The molecule has 2 aromatic rings. The maximum atomic E-state index is 12.0. The third-order valence-corrected chi connectivity index (χ3v) is 4.75. The SMILES string of the molecule is CCOC(=O)c1cc(NC(=S)N[C@@H](c2ccccc2C)C(C)C)ccc1Cl. The number of anilines is 1. The fraction of sp³-hybridized carbons (Fsp3) is 0.333. The maximum Gasteiger partial charge on any atom is 0.339 e. The van der Waals surface area contributed by atoms with Crippen LogP contribution in [0, 0.1) is 12.8 Å². The summed E-state index contributed by atoms with van der Waals surface area (Å²) in [6, 6.07) is 13.4. The van der Waals surface area contributed by atoms with Gasteiger partial charge < -0.3 is 15.4 Å². The van der Waals surface area contributed by atoms with Gasteiger partial charge in [0.25, 0.3) is 0 Å². The summed E-state index contributed by atoms with van der Waals surface area (Å²) in [4.78, 5) is 12.0. The summed E-state index contributed by atoms with van der Waals surface area (Å²) in [5.41, 5.74) is 3.40. The topological polar surface area (TPSA) is 50.4 Å². The monoisotopic (exact) mass is 404 g/mol. The van der Waals surface area contributed by atoms with Gasteiger partial charge in [0, 0.05) is 5.69 Å². The number of halogens is 1. The van der Waals surface area contributed by atoms with Gasteiger partial charge in [-0.2, -0.15) is 0 Å². The molecule has 0 aliphatic rings. The van der Waals surface area contributed by atoms with Gasteiger partial charge in [-0.1, -0.05) is 49.7 Å². The van der Waals surface area contributed by atoms with Gasteiger partial charge in [-0.05, 0) is 61.3 Å². The van der Waals surface area contributed by atoms with Crippen molar-refractivity contribution in [2.24, 2.45) is 5.92 Å². The normalized spacial score (nSPS) is 11.8. The van der Waals surface area contributed by atoms with Gasteiger partial charge in [0.15, 0.2) is 5.11 Å². The molecule has 0 bridgehead atoms. The third-order valence-electron chi connectivity index (χ3n) is 4.20. The van der Waals surface area contributed by atoms with Crippen molar-refractivity contribution in [1.29, 1.82) is 0 Å². The number of thiocarbonyl (C=S) groups is 1. The Morgan fingerprint density at radius 1 is 1.22 bits per heavy atom. The van der Waals surface area contributed by atoms with E-state index in [1.165, 1.54) is 11.1 Å². The van der Waals surface area contributed by atoms with Crippen LogP contribution < -0.4 is 10.6 Å². The number of carbonyl (C=O) groups is 1. The molecule has 27 heavy (non-hydrogen) atoms. The Balaban J connectivity index is 2.15. The van der Waals surface area contributed by atoms with Crippen molar-refractivity contribution in [2.45, 2.75) is 33.7 Å². The van der Waals surface area contributed by atoms with E-state index >= 15 is 0 Å². The van der Waals surface area contributed by atoms with Gasteiger partial charge in [0.1, 0.15) is 0 Å². The van der Waals surface area contributed by atoms with E-state index in [1.807, 2.05) is 12.1 Å². The molecule has 0 aromatic heterocycles. The Morgan fingerprint density at radius 2 is 1.93 bits per heavy atom. The number of hydrogen-bond acceptors (Lipinski definition) is 3. The summed E-state index contributed by atoms with van der Waals surface area (Å²) >= 11 is 11.6. The molecule has 0 amide bonds. The predicted octanol–water partition coefficient (Wildman–Crippen LogP) is 5.51. The van der Waals surface area contributed by atoms with Crippen LogP contribution in [0.5, 0.6) is 0 Å². The molecule has 0 heterocycles. The molecule has 1 atom stereocenters. The first-order valence-corrected chi connectivity index (χ1v) is 9.71. The zero-order valence-electron chi connectivity index (χ0n) is 16.0. The average molecular weight is 405 g/mol. The quantitative estimate of drug-likeness (QED) is 0.491. The predicted molar refractivity (Wildman–Crippen MR) is 116 cm³/mol. The van der Waals surface area contributed by atoms with Gasteiger partial charge in [0.05, 0.1) is 23.2 Å². The zero-order chi connectivity index (χ0) is 20.0. The third kappa shape index (κ3) is 5.68. The number of benzene rings is 2. The fourth-order valence-corrected chi connectivity index (χ4v) is 3.26. The van der Waals surface area contributed by atoms with E-state index in [-0.39, 0.29) is 6.04 Å². The lowest BCUT2D eigenvalue weighted by Gasteiger charge is -2.26. The highest BCUT2D eigenvalue weighted by Crippen LogP contribution is 2.25. The van der Waals surface area contributed by atoms with Crippen LogP contribution in [0.15, 0.2) is 42.5 Å². The first-order valence-electron chi connectivity index (χ1n) is 8.93. The number of rotatable bonds is 6. The lowest BCUT2D eigenvalue weighted by atomic mass is 9.93. The van der Waals surface area contributed by atoms with E-state index in [4.69, 9.17) is 28.6 Å². The molecule has 0 aliphatic heterocycles. The number of carbonyl (C=O) groups excluding carboxylic acids is 1. The van der Waals surface area contributed by atoms with E-state index < -0.39 is 5.97 Å². The Morgan fingerprint density at radius 3 is 2.56 bits per heavy atom. The van der Waals surface area contributed by atoms with E-state index in [0.29, 0.717) is 33.9 Å². The van der Waals surface area contributed by atoms with Gasteiger partial charge in [-0.25, -0.2) is 4.79 Å². The molecule has 144 valence electrons. The van der Waals surface area contributed by atoms with Crippen molar-refractivity contribution in [1.82, 2.24) is 5.32 Å². The fourth-order valence-electron chi connectivity index (χ4n) is 2.82. The Kier molecular flexibility index (Phi) is 7.63. The Labute approximate surface area is 171 Å². The van der Waals surface area contributed by atoms with E-state index in [2.05, 4.69) is 43.5 Å². The second kappa shape index (κ2) is 9.72. The van der Waals surface area contributed by atoms with Crippen LogP contribution in [0.2, 0.25) is 5.02 Å². The van der Waals surface area contributed by atoms with Crippen LogP contribution >= 0.6 is 23.8 Å². The first-order chi connectivity index (χ1) is 12.8. The standard InChI is InChI=1S/C21H25ClN2O2S/c1-5-26-20(25)17-12-15(10-11-18(17)22)23-21(27)24-19(13(2)3)16-9-7-6-8-14(16)4/h6-13,19H,5H2,1-4H3,(H2,23,24,27)/t19-/m1/s1.